The van der Waals surface area contributed by atoms with Crippen LogP contribution in [0.2, 0.25) is 0 Å². The molecule has 1 aromatic heterocycles. The second kappa shape index (κ2) is 40.1. The minimum atomic E-state index is 0.779. The number of aldehydes is 1. The number of hydrogen-bond donors (Lipinski definition) is 1. The normalized spacial score (nSPS) is 11.6. The molecule has 0 fully saturated rings. The van der Waals surface area contributed by atoms with E-state index < -0.39 is 0 Å². The van der Waals surface area contributed by atoms with Gasteiger partial charge < -0.3 is 4.98 Å². The lowest BCUT2D eigenvalue weighted by atomic mass is 10.0. The maximum atomic E-state index is 11.5. The molecule has 300 valence electrons. The number of nitrogens with one attached hydrogen (secondary N) is 1. The van der Waals surface area contributed by atoms with Gasteiger partial charge >= 0.3 is 0 Å². The van der Waals surface area contributed by atoms with E-state index in [0.717, 1.165) is 24.8 Å². The minimum Gasteiger partial charge on any atom is -0.356 e. The van der Waals surface area contributed by atoms with E-state index >= 15 is 0 Å². The fourth-order valence-electron chi connectivity index (χ4n) is 8.20. The number of aromatic nitrogens is 1. The first-order valence-electron chi connectivity index (χ1n) is 24.0. The predicted octanol–water partition coefficient (Wildman–Crippen LogP) is 17.6. The van der Waals surface area contributed by atoms with Gasteiger partial charge in [-0.1, -0.05) is 258 Å². The molecule has 1 aromatic rings. The standard InChI is InChI=1S/C49H93NO/c1-3-5-7-9-11-13-15-17-19-21-23-25-27-29-31-33-35-37-39-41-43-47-45-48(46-51)50-49(47)44-42-40-38-36-34-32-30-28-26-24-22-20-18-16-14-12-10-8-6-4-2/h45-46,50H,3-44H2,1-2H3. The zero-order chi connectivity index (χ0) is 36.6. The third kappa shape index (κ3) is 33.3. The van der Waals surface area contributed by atoms with Crippen molar-refractivity contribution in [3.05, 3.63) is 23.0 Å². The quantitative estimate of drug-likeness (QED) is 0.0531. The average molecular weight is 712 g/mol. The third-order valence-electron chi connectivity index (χ3n) is 11.7. The lowest BCUT2D eigenvalue weighted by molar-refractivity contribution is 0.111. The summed E-state index contributed by atoms with van der Waals surface area (Å²) >= 11 is 0. The lowest BCUT2D eigenvalue weighted by Gasteiger charge is -2.06. The molecule has 0 amide bonds. The Morgan fingerprint density at radius 1 is 0.353 bits per heavy atom. The van der Waals surface area contributed by atoms with Crippen LogP contribution in [-0.2, 0) is 12.8 Å². The van der Waals surface area contributed by atoms with E-state index in [1.165, 1.54) is 268 Å². The number of unbranched alkanes of at least 4 members (excludes halogenated alkanes) is 38. The van der Waals surface area contributed by atoms with Gasteiger partial charge in [0.25, 0.3) is 0 Å². The highest BCUT2D eigenvalue weighted by Gasteiger charge is 2.08. The van der Waals surface area contributed by atoms with E-state index in [9.17, 15) is 4.79 Å². The number of hydrogen-bond acceptors (Lipinski definition) is 1. The van der Waals surface area contributed by atoms with Crippen LogP contribution in [0.5, 0.6) is 0 Å². The first-order valence-corrected chi connectivity index (χ1v) is 24.0. The summed E-state index contributed by atoms with van der Waals surface area (Å²) in [5, 5.41) is 0. The Balaban J connectivity index is 1.88. The van der Waals surface area contributed by atoms with Gasteiger partial charge in [0.05, 0.1) is 5.69 Å². The van der Waals surface area contributed by atoms with E-state index in [1.54, 1.807) is 0 Å². The SMILES string of the molecule is CCCCCCCCCCCCCCCCCCCCCCc1cc(C=O)[nH]c1CCCCCCCCCCCCCCCCCCCCCC. The highest BCUT2D eigenvalue weighted by molar-refractivity contribution is 5.72. The molecular weight excluding hydrogens is 619 g/mol. The number of carbonyl (C=O) groups excluding carboxylic acids is 1. The molecule has 0 aliphatic rings. The molecule has 0 aromatic carbocycles. The lowest BCUT2D eigenvalue weighted by Crippen LogP contribution is -1.94. The predicted molar refractivity (Wildman–Crippen MR) is 230 cm³/mol. The number of aromatic amines is 1. The Hall–Kier alpha value is -1.05. The van der Waals surface area contributed by atoms with Crippen LogP contribution >= 0.6 is 0 Å². The molecule has 1 N–H and O–H groups in total. The molecule has 1 rings (SSSR count). The Kier molecular flexibility index (Phi) is 37.8. The van der Waals surface area contributed by atoms with Gasteiger partial charge in [0.2, 0.25) is 0 Å². The van der Waals surface area contributed by atoms with E-state index in [-0.39, 0.29) is 0 Å². The Morgan fingerprint density at radius 3 is 0.843 bits per heavy atom. The molecular formula is C49H93NO. The van der Waals surface area contributed by atoms with Crippen molar-refractivity contribution in [1.82, 2.24) is 4.98 Å². The van der Waals surface area contributed by atoms with Crippen molar-refractivity contribution in [2.45, 2.75) is 284 Å². The van der Waals surface area contributed by atoms with Crippen LogP contribution in [0.25, 0.3) is 0 Å². The second-order valence-corrected chi connectivity index (χ2v) is 16.8. The largest absolute Gasteiger partial charge is 0.356 e. The number of rotatable bonds is 43. The minimum absolute atomic E-state index is 0.779. The molecule has 0 aliphatic carbocycles. The van der Waals surface area contributed by atoms with Crippen LogP contribution in [0.1, 0.15) is 292 Å². The summed E-state index contributed by atoms with van der Waals surface area (Å²) in [5.74, 6) is 0. The molecule has 2 nitrogen and oxygen atoms in total. The molecule has 1 heterocycles. The van der Waals surface area contributed by atoms with Crippen molar-refractivity contribution in [3.8, 4) is 0 Å². The van der Waals surface area contributed by atoms with Crippen molar-refractivity contribution in [1.29, 1.82) is 0 Å². The molecule has 0 unspecified atom stereocenters. The van der Waals surface area contributed by atoms with E-state index in [0.29, 0.717) is 0 Å². The molecule has 0 bridgehead atoms. The molecule has 2 heteroatoms. The zero-order valence-corrected chi connectivity index (χ0v) is 35.3. The summed E-state index contributed by atoms with van der Waals surface area (Å²) in [6.45, 7) is 4.61. The van der Waals surface area contributed by atoms with Crippen LogP contribution < -0.4 is 0 Å². The molecule has 51 heavy (non-hydrogen) atoms. The maximum absolute atomic E-state index is 11.5. The average Bonchev–Trinajstić information content (AvgIpc) is 3.55. The maximum Gasteiger partial charge on any atom is 0.166 e. The Bertz CT molecular complexity index is 750. The van der Waals surface area contributed by atoms with E-state index in [2.05, 4.69) is 24.9 Å². The fraction of sp³-hybridized carbons (Fsp3) is 0.898. The fourth-order valence-corrected chi connectivity index (χ4v) is 8.20. The Labute approximate surface area is 321 Å². The van der Waals surface area contributed by atoms with Crippen molar-refractivity contribution >= 4 is 6.29 Å². The highest BCUT2D eigenvalue weighted by atomic mass is 16.1. The first kappa shape index (κ1) is 48.0. The van der Waals surface area contributed by atoms with Gasteiger partial charge in [-0.2, -0.15) is 0 Å². The van der Waals surface area contributed by atoms with Crippen LogP contribution in [0, 0.1) is 0 Å². The second-order valence-electron chi connectivity index (χ2n) is 16.8. The third-order valence-corrected chi connectivity index (χ3v) is 11.7. The number of aryl methyl sites for hydroxylation is 2. The molecule has 0 saturated carbocycles. The van der Waals surface area contributed by atoms with Crippen molar-refractivity contribution in [2.75, 3.05) is 0 Å². The number of H-pyrrole nitrogens is 1. The van der Waals surface area contributed by atoms with Gasteiger partial charge in [0.15, 0.2) is 6.29 Å². The first-order chi connectivity index (χ1) is 25.3. The van der Waals surface area contributed by atoms with Gasteiger partial charge in [0, 0.05) is 5.69 Å². The van der Waals surface area contributed by atoms with Crippen molar-refractivity contribution < 1.29 is 4.79 Å². The van der Waals surface area contributed by atoms with Gasteiger partial charge in [-0.25, -0.2) is 0 Å². The molecule has 0 atom stereocenters. The topological polar surface area (TPSA) is 32.9 Å². The van der Waals surface area contributed by atoms with Crippen LogP contribution in [-0.4, -0.2) is 11.3 Å². The molecule has 0 aliphatic heterocycles. The van der Waals surface area contributed by atoms with E-state index in [1.807, 2.05) is 0 Å². The summed E-state index contributed by atoms with van der Waals surface area (Å²) < 4.78 is 0. The smallest absolute Gasteiger partial charge is 0.166 e. The monoisotopic (exact) mass is 712 g/mol. The van der Waals surface area contributed by atoms with Gasteiger partial charge in [-0.05, 0) is 37.3 Å². The molecule has 0 radical (unpaired) electrons. The van der Waals surface area contributed by atoms with Crippen LogP contribution in [0.4, 0.5) is 0 Å². The zero-order valence-electron chi connectivity index (χ0n) is 35.3. The van der Waals surface area contributed by atoms with Crippen LogP contribution in [0.3, 0.4) is 0 Å². The van der Waals surface area contributed by atoms with Crippen molar-refractivity contribution in [2.24, 2.45) is 0 Å². The molecule has 0 saturated heterocycles. The van der Waals surface area contributed by atoms with E-state index in [4.69, 9.17) is 0 Å². The van der Waals surface area contributed by atoms with Gasteiger partial charge in [-0.15, -0.1) is 0 Å². The highest BCUT2D eigenvalue weighted by Crippen LogP contribution is 2.20. The Morgan fingerprint density at radius 2 is 0.588 bits per heavy atom. The summed E-state index contributed by atoms with van der Waals surface area (Å²) in [6.07, 6.45) is 60.3. The summed E-state index contributed by atoms with van der Waals surface area (Å²) in [7, 11) is 0. The summed E-state index contributed by atoms with van der Waals surface area (Å²) in [6, 6.07) is 2.13. The van der Waals surface area contributed by atoms with Crippen molar-refractivity contribution in [3.63, 3.8) is 0 Å². The molecule has 0 spiro atoms. The van der Waals surface area contributed by atoms with Gasteiger partial charge in [-0.3, -0.25) is 4.79 Å². The van der Waals surface area contributed by atoms with Crippen LogP contribution in [0.15, 0.2) is 6.07 Å². The summed E-state index contributed by atoms with van der Waals surface area (Å²) in [4.78, 5) is 14.9. The number of carbonyl (C=O) groups is 1. The summed E-state index contributed by atoms with van der Waals surface area (Å²) in [5.41, 5.74) is 3.54. The van der Waals surface area contributed by atoms with Gasteiger partial charge in [0.1, 0.15) is 0 Å².